The predicted molar refractivity (Wildman–Crippen MR) is 108 cm³/mol. The first-order chi connectivity index (χ1) is 12.9. The lowest BCUT2D eigenvalue weighted by Crippen LogP contribution is -1.98. The van der Waals surface area contributed by atoms with Crippen LogP contribution in [0.3, 0.4) is 0 Å². The van der Waals surface area contributed by atoms with E-state index in [-0.39, 0.29) is 5.75 Å². The van der Waals surface area contributed by atoms with Crippen LogP contribution in [0, 0.1) is 20.8 Å². The molecule has 0 fully saturated rings. The summed E-state index contributed by atoms with van der Waals surface area (Å²) in [6.45, 7) is 6.21. The van der Waals surface area contributed by atoms with Gasteiger partial charge in [0.05, 0.1) is 26.0 Å². The smallest absolute Gasteiger partial charge is 0.200 e. The van der Waals surface area contributed by atoms with Gasteiger partial charge in [-0.25, -0.2) is 4.98 Å². The molecule has 3 aromatic rings. The topological polar surface area (TPSA) is 76.0 Å². The molecule has 0 unspecified atom stereocenters. The average Bonchev–Trinajstić information content (AvgIpc) is 2.63. The van der Waals surface area contributed by atoms with Crippen LogP contribution < -0.4 is 14.9 Å². The molecule has 2 N–H and O–H groups in total. The second-order valence-electron chi connectivity index (χ2n) is 6.45. The maximum Gasteiger partial charge on any atom is 0.200 e. The molecule has 0 radical (unpaired) electrons. The van der Waals surface area contributed by atoms with Gasteiger partial charge in [0.25, 0.3) is 0 Å². The van der Waals surface area contributed by atoms with Gasteiger partial charge in [-0.05, 0) is 56.2 Å². The van der Waals surface area contributed by atoms with Crippen LogP contribution in [-0.4, -0.2) is 30.5 Å². The highest BCUT2D eigenvalue weighted by atomic mass is 16.5. The molecule has 27 heavy (non-hydrogen) atoms. The summed E-state index contributed by atoms with van der Waals surface area (Å²) in [4.78, 5) is 4.68. The number of aryl methyl sites for hydroxylation is 3. The normalized spacial score (nSPS) is 11.1. The fourth-order valence-corrected chi connectivity index (χ4v) is 3.06. The van der Waals surface area contributed by atoms with Gasteiger partial charge in [-0.2, -0.15) is 5.10 Å². The molecule has 0 aliphatic heterocycles. The van der Waals surface area contributed by atoms with Crippen LogP contribution >= 0.6 is 0 Å². The number of aromatic hydroxyl groups is 1. The molecule has 0 saturated carbocycles. The maximum atomic E-state index is 9.97. The minimum atomic E-state index is -0.0392. The Morgan fingerprint density at radius 2 is 1.63 bits per heavy atom. The minimum Gasteiger partial charge on any atom is -0.502 e. The average molecular weight is 365 g/mol. The van der Waals surface area contributed by atoms with Crippen molar-refractivity contribution >= 4 is 22.9 Å². The molecule has 6 nitrogen and oxygen atoms in total. The number of phenols is 1. The lowest BCUT2D eigenvalue weighted by molar-refractivity contribution is 0.340. The van der Waals surface area contributed by atoms with Crippen molar-refractivity contribution in [3.8, 4) is 17.2 Å². The molecule has 0 aliphatic carbocycles. The number of phenolic OH excluding ortho intramolecular Hbond substituents is 1. The van der Waals surface area contributed by atoms with Crippen LogP contribution in [0.4, 0.5) is 5.82 Å². The van der Waals surface area contributed by atoms with E-state index in [1.807, 2.05) is 6.07 Å². The summed E-state index contributed by atoms with van der Waals surface area (Å²) in [5, 5.41) is 15.4. The van der Waals surface area contributed by atoms with E-state index in [2.05, 4.69) is 48.4 Å². The van der Waals surface area contributed by atoms with Gasteiger partial charge < -0.3 is 14.6 Å². The first kappa shape index (κ1) is 18.5. The fraction of sp³-hybridized carbons (Fsp3) is 0.238. The quantitative estimate of drug-likeness (QED) is 0.520. The van der Waals surface area contributed by atoms with E-state index in [9.17, 15) is 5.11 Å². The number of methoxy groups -OCH3 is 2. The van der Waals surface area contributed by atoms with E-state index < -0.39 is 0 Å². The molecule has 0 aliphatic rings. The van der Waals surface area contributed by atoms with E-state index in [0.717, 1.165) is 27.6 Å². The summed E-state index contributed by atoms with van der Waals surface area (Å²) in [5.74, 6) is 1.27. The van der Waals surface area contributed by atoms with Crippen LogP contribution in [-0.2, 0) is 0 Å². The van der Waals surface area contributed by atoms with Crippen LogP contribution in [0.5, 0.6) is 17.2 Å². The molecule has 3 rings (SSSR count). The van der Waals surface area contributed by atoms with E-state index in [4.69, 9.17) is 9.47 Å². The summed E-state index contributed by atoms with van der Waals surface area (Å²) in [7, 11) is 2.97. The first-order valence-corrected chi connectivity index (χ1v) is 8.55. The van der Waals surface area contributed by atoms with Crippen LogP contribution in [0.1, 0.15) is 22.3 Å². The van der Waals surface area contributed by atoms with E-state index in [1.165, 1.54) is 19.8 Å². The number of hydrazone groups is 1. The van der Waals surface area contributed by atoms with Crippen LogP contribution in [0.2, 0.25) is 0 Å². The van der Waals surface area contributed by atoms with Gasteiger partial charge in [0.2, 0.25) is 5.75 Å². The SMILES string of the molecule is COc1cc(/C=N/Nc2cc(C)c3cc(C)cc(C)c3n2)cc(OC)c1O. The first-order valence-electron chi connectivity index (χ1n) is 8.55. The molecule has 0 amide bonds. The summed E-state index contributed by atoms with van der Waals surface area (Å²) >= 11 is 0. The standard InChI is InChI=1S/C21H23N3O3/c1-12-6-14(3)20-16(7-12)13(2)8-19(23-20)24-22-11-15-9-17(26-4)21(25)18(10-15)27-5/h6-11,25H,1-5H3,(H,23,24)/b22-11+. The van der Waals surface area contributed by atoms with Crippen molar-refractivity contribution < 1.29 is 14.6 Å². The number of pyridine rings is 1. The number of fused-ring (bicyclic) bond motifs is 1. The Morgan fingerprint density at radius 1 is 0.963 bits per heavy atom. The summed E-state index contributed by atoms with van der Waals surface area (Å²) in [5.41, 5.74) is 8.15. The molecule has 6 heteroatoms. The molecular formula is C21H23N3O3. The van der Waals surface area contributed by atoms with Gasteiger partial charge in [0.15, 0.2) is 11.5 Å². The van der Waals surface area contributed by atoms with Gasteiger partial charge in [-0.15, -0.1) is 0 Å². The number of hydrogen-bond acceptors (Lipinski definition) is 6. The number of nitrogens with one attached hydrogen (secondary N) is 1. The molecular weight excluding hydrogens is 342 g/mol. The van der Waals surface area contributed by atoms with Gasteiger partial charge in [0, 0.05) is 10.9 Å². The summed E-state index contributed by atoms with van der Waals surface area (Å²) in [6.07, 6.45) is 1.62. The van der Waals surface area contributed by atoms with Gasteiger partial charge in [-0.1, -0.05) is 11.6 Å². The van der Waals surface area contributed by atoms with Crippen molar-refractivity contribution in [3.05, 3.63) is 52.6 Å². The van der Waals surface area contributed by atoms with E-state index >= 15 is 0 Å². The number of rotatable bonds is 5. The van der Waals surface area contributed by atoms with Gasteiger partial charge >= 0.3 is 0 Å². The lowest BCUT2D eigenvalue weighted by Gasteiger charge is -2.10. The number of hydrogen-bond donors (Lipinski definition) is 2. The summed E-state index contributed by atoms with van der Waals surface area (Å²) < 4.78 is 10.3. The molecule has 2 aromatic carbocycles. The molecule has 0 bridgehead atoms. The Labute approximate surface area is 158 Å². The number of ether oxygens (including phenoxy) is 2. The summed E-state index contributed by atoms with van der Waals surface area (Å²) in [6, 6.07) is 9.59. The van der Waals surface area contributed by atoms with Crippen molar-refractivity contribution in [2.45, 2.75) is 20.8 Å². The maximum absolute atomic E-state index is 9.97. The van der Waals surface area contributed by atoms with Crippen LogP contribution in [0.15, 0.2) is 35.4 Å². The third kappa shape index (κ3) is 3.79. The Kier molecular flexibility index (Phi) is 5.16. The minimum absolute atomic E-state index is 0.0392. The second kappa shape index (κ2) is 7.53. The fourth-order valence-electron chi connectivity index (χ4n) is 3.06. The van der Waals surface area contributed by atoms with Crippen LogP contribution in [0.25, 0.3) is 10.9 Å². The van der Waals surface area contributed by atoms with Crippen molar-refractivity contribution in [1.29, 1.82) is 0 Å². The van der Waals surface area contributed by atoms with Crippen molar-refractivity contribution in [3.63, 3.8) is 0 Å². The van der Waals surface area contributed by atoms with Crippen molar-refractivity contribution in [1.82, 2.24) is 4.98 Å². The van der Waals surface area contributed by atoms with Crippen molar-refractivity contribution in [2.24, 2.45) is 5.10 Å². The monoisotopic (exact) mass is 365 g/mol. The molecule has 0 spiro atoms. The number of benzene rings is 2. The largest absolute Gasteiger partial charge is 0.502 e. The van der Waals surface area contributed by atoms with Gasteiger partial charge in [0.1, 0.15) is 5.82 Å². The third-order valence-electron chi connectivity index (χ3n) is 4.35. The highest BCUT2D eigenvalue weighted by Crippen LogP contribution is 2.36. The Bertz CT molecular complexity index is 1000. The number of nitrogens with zero attached hydrogens (tertiary/aromatic N) is 2. The highest BCUT2D eigenvalue weighted by molar-refractivity contribution is 5.87. The zero-order valence-electron chi connectivity index (χ0n) is 16.1. The Balaban J connectivity index is 1.89. The number of aromatic nitrogens is 1. The second-order valence-corrected chi connectivity index (χ2v) is 6.45. The molecule has 0 saturated heterocycles. The zero-order chi connectivity index (χ0) is 19.6. The Hall–Kier alpha value is -3.28. The van der Waals surface area contributed by atoms with E-state index in [0.29, 0.717) is 17.3 Å². The highest BCUT2D eigenvalue weighted by Gasteiger charge is 2.10. The molecule has 1 heterocycles. The molecule has 140 valence electrons. The predicted octanol–water partition coefficient (Wildman–Crippen LogP) is 4.33. The van der Waals surface area contributed by atoms with E-state index in [1.54, 1.807) is 18.3 Å². The van der Waals surface area contributed by atoms with Gasteiger partial charge in [-0.3, -0.25) is 5.43 Å². The van der Waals surface area contributed by atoms with Crippen molar-refractivity contribution in [2.75, 3.05) is 19.6 Å². The zero-order valence-corrected chi connectivity index (χ0v) is 16.1. The Morgan fingerprint density at radius 3 is 2.26 bits per heavy atom. The molecule has 0 atom stereocenters. The molecule has 1 aromatic heterocycles. The number of anilines is 1. The lowest BCUT2D eigenvalue weighted by atomic mass is 10.0. The third-order valence-corrected chi connectivity index (χ3v) is 4.35.